The summed E-state index contributed by atoms with van der Waals surface area (Å²) in [6.45, 7) is 39.8. The number of hydrogen-bond acceptors (Lipinski definition) is 9. The summed E-state index contributed by atoms with van der Waals surface area (Å²) in [6, 6.07) is 120. The summed E-state index contributed by atoms with van der Waals surface area (Å²) < 4.78 is 76.6. The summed E-state index contributed by atoms with van der Waals surface area (Å²) in [6.07, 6.45) is 1.58. The number of rotatable bonds is 19. The number of furan rings is 3. The topological polar surface area (TPSA) is 132 Å². The molecule has 0 fully saturated rings. The van der Waals surface area contributed by atoms with Crippen molar-refractivity contribution in [3.63, 3.8) is 0 Å². The Morgan fingerprint density at radius 2 is 0.624 bits per heavy atom. The molecule has 12 nitrogen and oxygen atoms in total. The molecule has 0 N–H and O–H groups in total. The van der Waals surface area contributed by atoms with Gasteiger partial charge in [-0.1, -0.05) is 290 Å². The Kier molecular flexibility index (Phi) is 31.5. The molecule has 0 aliphatic rings. The molecule has 22 rings (SSSR count). The second-order valence-electron chi connectivity index (χ2n) is 39.0. The second-order valence-corrected chi connectivity index (χ2v) is 54.1. The Bertz CT molecular complexity index is 8040. The van der Waals surface area contributed by atoms with E-state index in [2.05, 4.69) is 248 Å². The fourth-order valence-corrected chi connectivity index (χ4v) is 21.9. The summed E-state index contributed by atoms with van der Waals surface area (Å²) in [5.41, 5.74) is 23.0. The predicted octanol–water partition coefficient (Wildman–Crippen LogP) is 30.7. The minimum Gasteiger partial charge on any atom is -0.501 e. The van der Waals surface area contributed by atoms with Crippen molar-refractivity contribution >= 4 is 139 Å². The monoisotopic (exact) mass is 2440 g/mol. The Morgan fingerprint density at radius 1 is 0.319 bits per heavy atom. The number of aromatic nitrogens is 9. The first kappa shape index (κ1) is 96.2. The van der Waals surface area contributed by atoms with Crippen molar-refractivity contribution in [1.29, 1.82) is 0 Å². The fourth-order valence-electron chi connectivity index (χ4n) is 17.6. The number of para-hydroxylation sites is 9. The molecule has 3 radical (unpaired) electrons. The molecule has 22 aromatic rings. The number of imidazole rings is 3. The molecule has 0 spiro atoms. The minimum absolute atomic E-state index is 0. The van der Waals surface area contributed by atoms with Crippen LogP contribution in [0.4, 0.5) is 0 Å². The summed E-state index contributed by atoms with van der Waals surface area (Å²) in [5.74, 6) is 2.43. The van der Waals surface area contributed by atoms with Crippen LogP contribution < -0.4 is 15.6 Å². The molecule has 141 heavy (non-hydrogen) atoms. The van der Waals surface area contributed by atoms with Gasteiger partial charge < -0.3 is 41.9 Å². The number of benzene rings is 13. The number of aryl methyl sites for hydroxylation is 1. The normalized spacial score (nSPS) is 12.5. The molecule has 0 aliphatic carbocycles. The molecule has 0 unspecified atom stereocenters. The molecule has 0 saturated heterocycles. The van der Waals surface area contributed by atoms with E-state index < -0.39 is 43.3 Å². The van der Waals surface area contributed by atoms with Gasteiger partial charge in [0.1, 0.15) is 16.7 Å². The number of nitrogens with zero attached hydrogens (tertiary/aromatic N) is 9. The molecular formula is C123H121Ir3N9O3Si3-6. The third kappa shape index (κ3) is 23.9. The van der Waals surface area contributed by atoms with Crippen LogP contribution in [0.1, 0.15) is 98.8 Å². The average Bonchev–Trinajstić information content (AvgIpc) is 1.58. The molecule has 721 valence electrons. The molecule has 0 saturated carbocycles. The molecule has 0 bridgehead atoms. The van der Waals surface area contributed by atoms with Gasteiger partial charge in [0, 0.05) is 122 Å². The van der Waals surface area contributed by atoms with E-state index in [4.69, 9.17) is 36.4 Å². The predicted molar refractivity (Wildman–Crippen MR) is 586 cm³/mol. The van der Waals surface area contributed by atoms with Crippen LogP contribution in [0.2, 0.25) is 58.9 Å². The standard InChI is InChI=1S/C26H17N2O.C22H17N2O.C21H15N2O.3C18H24NSi.3Ir/c1-2-9-18(10-3-1)17-28-23-15-6-5-14-22(23)27-26(28)21-13-8-12-20-19-11-4-7-16-24(19)29-25(20)21;1-14(2)24-19-12-5-4-11-18(19)23-22(24)17-10-7-9-16-15-8-3-6-13-20(15)25-21(16)17;1-2-23-18-12-5-4-11-17(18)22-21(23)16-10-7-9-15-14-8-3-6-13-19(14)24-20(15)16;3*1-14(2)11-16-12-17(15-9-7-6-8-10-15)19-13-18(16)20(3,4)5;;;/h1-12,14-16H,17H2;3-9,11-14H,1-2H3;3-9,11-13H,2H2,1H3;3*6-9,12-14H,11H2,1-5H3;;;/q6*-1;;;/i;;;3*11D2;;;. The van der Waals surface area contributed by atoms with Crippen molar-refractivity contribution in [2.45, 2.75) is 159 Å². The van der Waals surface area contributed by atoms with Gasteiger partial charge in [-0.25, -0.2) is 0 Å². The molecule has 0 atom stereocenters. The second kappa shape index (κ2) is 46.2. The van der Waals surface area contributed by atoms with Gasteiger partial charge in [0.2, 0.25) is 0 Å². The number of fused-ring (bicyclic) bond motifs is 12. The largest absolute Gasteiger partial charge is 0.501 e. The van der Waals surface area contributed by atoms with Crippen LogP contribution in [0.25, 0.3) is 167 Å². The first-order valence-electron chi connectivity index (χ1n) is 50.7. The summed E-state index contributed by atoms with van der Waals surface area (Å²) >= 11 is 0. The van der Waals surface area contributed by atoms with Gasteiger partial charge in [-0.15, -0.1) is 162 Å². The van der Waals surface area contributed by atoms with Gasteiger partial charge in [-0.05, 0) is 150 Å². The molecule has 0 aliphatic heterocycles. The fraction of sp³-hybridized carbons (Fsp3) is 0.220. The van der Waals surface area contributed by atoms with Gasteiger partial charge in [0.05, 0.1) is 91.5 Å². The van der Waals surface area contributed by atoms with Crippen LogP contribution in [-0.4, -0.2) is 67.8 Å². The van der Waals surface area contributed by atoms with E-state index in [-0.39, 0.29) is 84.1 Å². The Morgan fingerprint density at radius 3 is 0.965 bits per heavy atom. The van der Waals surface area contributed by atoms with Crippen LogP contribution in [0.3, 0.4) is 0 Å². The quantitative estimate of drug-likeness (QED) is 0.0573. The van der Waals surface area contributed by atoms with Crippen LogP contribution in [0.15, 0.2) is 335 Å². The maximum Gasteiger partial charge on any atom is 0.120 e. The van der Waals surface area contributed by atoms with Crippen LogP contribution in [-0.2, 0) is 92.5 Å². The van der Waals surface area contributed by atoms with E-state index in [1.165, 1.54) is 5.56 Å². The molecule has 9 heterocycles. The number of hydrogen-bond donors (Lipinski definition) is 0. The van der Waals surface area contributed by atoms with E-state index in [1.54, 1.807) is 0 Å². The zero-order chi connectivity index (χ0) is 102. The van der Waals surface area contributed by atoms with Crippen LogP contribution in [0.5, 0.6) is 0 Å². The smallest absolute Gasteiger partial charge is 0.120 e. The van der Waals surface area contributed by atoms with E-state index >= 15 is 0 Å². The minimum atomic E-state index is -1.67. The molecule has 0 amide bonds. The molecular weight excluding hydrogens is 2310 g/mol. The van der Waals surface area contributed by atoms with Crippen molar-refractivity contribution in [3.8, 4) is 67.9 Å². The van der Waals surface area contributed by atoms with Gasteiger partial charge in [-0.3, -0.25) is 15.0 Å². The average molecular weight is 2440 g/mol. The van der Waals surface area contributed by atoms with Crippen molar-refractivity contribution < 1.29 is 81.8 Å². The summed E-state index contributed by atoms with van der Waals surface area (Å²) in [7, 11) is -5.01. The zero-order valence-corrected chi connectivity index (χ0v) is 93.3. The molecule has 18 heteroatoms. The van der Waals surface area contributed by atoms with E-state index in [0.717, 1.165) is 212 Å². The van der Waals surface area contributed by atoms with E-state index in [1.807, 2.05) is 260 Å². The van der Waals surface area contributed by atoms with Gasteiger partial charge in [0.25, 0.3) is 0 Å². The summed E-state index contributed by atoms with van der Waals surface area (Å²) in [5, 5.41) is 9.97. The summed E-state index contributed by atoms with van der Waals surface area (Å²) in [4.78, 5) is 28.5. The first-order chi connectivity index (χ1) is 68.9. The maximum atomic E-state index is 8.55. The van der Waals surface area contributed by atoms with Gasteiger partial charge in [0.15, 0.2) is 0 Å². The SMILES string of the molecule is CC(C)n1c(-c2[c-]ccc3c2oc2ccccc23)nc2ccccc21.CCn1c(-c2[c-]ccc3c2oc2ccccc23)nc2ccccc21.[2H]C([2H])(c1cc(-c2[c-]cccc2)ncc1[Si](C)(C)C)C(C)C.[2H]C([2H])(c1cc(-c2[c-]cccc2)ncc1[Si](C)(C)C)C(C)C.[2H]C([2H])(c1cc(-c2[c-]cccc2)ncc1[Si](C)(C)C)C(C)C.[Ir].[Ir].[Ir].[c-]1ccc2c(oc3ccccc32)c1-c1nc2ccccc2n1Cc1ccccc1. The molecule has 9 aromatic heterocycles. The Balaban J connectivity index is 0.000000139. The van der Waals surface area contributed by atoms with Crippen molar-refractivity contribution in [2.24, 2.45) is 17.8 Å². The third-order valence-electron chi connectivity index (χ3n) is 24.0. The third-order valence-corrected chi connectivity index (χ3v) is 30.1. The van der Waals surface area contributed by atoms with E-state index in [9.17, 15) is 0 Å². The van der Waals surface area contributed by atoms with Gasteiger partial charge >= 0.3 is 0 Å². The first-order valence-corrected chi connectivity index (χ1v) is 58.2. The van der Waals surface area contributed by atoms with Gasteiger partial charge in [-0.2, -0.15) is 0 Å². The Hall–Kier alpha value is -12.3. The zero-order valence-electron chi connectivity index (χ0n) is 89.1. The van der Waals surface area contributed by atoms with Crippen LogP contribution >= 0.6 is 0 Å². The van der Waals surface area contributed by atoms with E-state index in [0.29, 0.717) is 0 Å². The van der Waals surface area contributed by atoms with Crippen molar-refractivity contribution in [3.05, 3.63) is 381 Å². The number of pyridine rings is 3. The van der Waals surface area contributed by atoms with Crippen LogP contribution in [0, 0.1) is 54.2 Å². The molecule has 13 aromatic carbocycles. The van der Waals surface area contributed by atoms with Crippen molar-refractivity contribution in [2.75, 3.05) is 0 Å². The Labute approximate surface area is 882 Å². The maximum absolute atomic E-state index is 8.55. The van der Waals surface area contributed by atoms with Crippen molar-refractivity contribution in [1.82, 2.24) is 43.6 Å².